The molecular formula is C19H17ClF3N3O2. The van der Waals surface area contributed by atoms with Crippen LogP contribution in [0.15, 0.2) is 30.6 Å². The Morgan fingerprint density at radius 3 is 2.39 bits per heavy atom. The Morgan fingerprint density at radius 2 is 1.82 bits per heavy atom. The minimum atomic E-state index is -3.51. The van der Waals surface area contributed by atoms with E-state index in [0.717, 1.165) is 12.3 Å². The van der Waals surface area contributed by atoms with Crippen LogP contribution in [-0.2, 0) is 10.7 Å². The molecule has 5 nitrogen and oxygen atoms in total. The Kier molecular flexibility index (Phi) is 6.52. The summed E-state index contributed by atoms with van der Waals surface area (Å²) in [6, 6.07) is 3.81. The molecule has 0 radical (unpaired) electrons. The minimum absolute atomic E-state index is 0.286. The number of hydrogen-bond acceptors (Lipinski definition) is 4. The van der Waals surface area contributed by atoms with Crippen molar-refractivity contribution >= 4 is 17.7 Å². The first-order valence-electron chi connectivity index (χ1n) is 8.10. The standard InChI is InChI=1S/C19H17ClF3N3O2/c1-18(2,3)28-17(27)26-11-19(22,23)16-14(20)8-13(10-25-16)5-4-12-6-7-15(21)24-9-12/h6-10H,11H2,1-3H3,(H,26,27). The Labute approximate surface area is 165 Å². The van der Waals surface area contributed by atoms with E-state index in [9.17, 15) is 18.0 Å². The van der Waals surface area contributed by atoms with E-state index in [1.54, 1.807) is 20.8 Å². The predicted molar refractivity (Wildman–Crippen MR) is 97.6 cm³/mol. The number of ether oxygens (including phenoxy) is 1. The highest BCUT2D eigenvalue weighted by Crippen LogP contribution is 2.31. The molecule has 0 saturated carbocycles. The van der Waals surface area contributed by atoms with Gasteiger partial charge in [0.2, 0.25) is 5.95 Å². The molecule has 0 spiro atoms. The number of carbonyl (C=O) groups is 1. The van der Waals surface area contributed by atoms with Gasteiger partial charge in [0.1, 0.15) is 11.3 Å². The molecule has 9 heteroatoms. The van der Waals surface area contributed by atoms with E-state index in [1.165, 1.54) is 18.3 Å². The quantitative estimate of drug-likeness (QED) is 0.604. The van der Waals surface area contributed by atoms with Crippen LogP contribution in [0.4, 0.5) is 18.0 Å². The van der Waals surface area contributed by atoms with Crippen molar-refractivity contribution in [2.45, 2.75) is 32.3 Å². The number of aromatic nitrogens is 2. The molecule has 2 rings (SSSR count). The van der Waals surface area contributed by atoms with Gasteiger partial charge >= 0.3 is 12.0 Å². The van der Waals surface area contributed by atoms with Crippen molar-refractivity contribution in [3.05, 3.63) is 58.4 Å². The highest BCUT2D eigenvalue weighted by Gasteiger charge is 2.36. The lowest BCUT2D eigenvalue weighted by atomic mass is 10.1. The fraction of sp³-hybridized carbons (Fsp3) is 0.316. The summed E-state index contributed by atoms with van der Waals surface area (Å²) in [7, 11) is 0. The van der Waals surface area contributed by atoms with Gasteiger partial charge in [-0.25, -0.2) is 9.78 Å². The molecule has 2 aromatic rings. The van der Waals surface area contributed by atoms with Gasteiger partial charge in [-0.15, -0.1) is 0 Å². The van der Waals surface area contributed by atoms with Crippen LogP contribution in [0, 0.1) is 17.8 Å². The third-order valence-electron chi connectivity index (χ3n) is 3.12. The molecule has 0 unspecified atom stereocenters. The van der Waals surface area contributed by atoms with Gasteiger partial charge in [0.25, 0.3) is 0 Å². The largest absolute Gasteiger partial charge is 0.444 e. The summed E-state index contributed by atoms with van der Waals surface area (Å²) < 4.78 is 46.3. The first kappa shape index (κ1) is 21.5. The highest BCUT2D eigenvalue weighted by atomic mass is 35.5. The molecule has 0 atom stereocenters. The summed E-state index contributed by atoms with van der Waals surface area (Å²) in [5.74, 6) is 1.23. The average molecular weight is 412 g/mol. The summed E-state index contributed by atoms with van der Waals surface area (Å²) in [4.78, 5) is 18.7. The SMILES string of the molecule is CC(C)(C)OC(=O)NCC(F)(F)c1ncc(C#Cc2ccc(F)nc2)cc1Cl. The number of alkyl carbamates (subject to hydrolysis) is 1. The Bertz CT molecular complexity index is 917. The molecule has 0 fully saturated rings. The Balaban J connectivity index is 2.10. The van der Waals surface area contributed by atoms with Crippen LogP contribution in [0.5, 0.6) is 0 Å². The molecule has 148 valence electrons. The molecule has 0 aliphatic heterocycles. The van der Waals surface area contributed by atoms with Crippen molar-refractivity contribution in [1.82, 2.24) is 15.3 Å². The monoisotopic (exact) mass is 411 g/mol. The zero-order valence-electron chi connectivity index (χ0n) is 15.3. The molecule has 1 N–H and O–H groups in total. The van der Waals surface area contributed by atoms with E-state index >= 15 is 0 Å². The summed E-state index contributed by atoms with van der Waals surface area (Å²) >= 11 is 5.92. The van der Waals surface area contributed by atoms with Gasteiger partial charge in [0.15, 0.2) is 0 Å². The molecule has 2 aromatic heterocycles. The zero-order valence-corrected chi connectivity index (χ0v) is 16.1. The number of pyridine rings is 2. The average Bonchev–Trinajstić information content (AvgIpc) is 2.58. The molecule has 0 aromatic carbocycles. The van der Waals surface area contributed by atoms with Crippen molar-refractivity contribution in [2.24, 2.45) is 0 Å². The van der Waals surface area contributed by atoms with Crippen LogP contribution in [0.2, 0.25) is 5.02 Å². The normalized spacial score (nSPS) is 11.4. The van der Waals surface area contributed by atoms with Crippen molar-refractivity contribution in [2.75, 3.05) is 6.54 Å². The number of nitrogens with zero attached hydrogens (tertiary/aromatic N) is 2. The van der Waals surface area contributed by atoms with Gasteiger partial charge < -0.3 is 10.1 Å². The smallest absolute Gasteiger partial charge is 0.407 e. The topological polar surface area (TPSA) is 64.1 Å². The maximum atomic E-state index is 14.3. The molecule has 0 aliphatic rings. The van der Waals surface area contributed by atoms with E-state index in [2.05, 4.69) is 21.8 Å². The van der Waals surface area contributed by atoms with Crippen molar-refractivity contribution < 1.29 is 22.7 Å². The van der Waals surface area contributed by atoms with Gasteiger partial charge in [0, 0.05) is 23.5 Å². The Hall–Kier alpha value is -2.79. The predicted octanol–water partition coefficient (Wildman–Crippen LogP) is 4.29. The van der Waals surface area contributed by atoms with E-state index < -0.39 is 35.8 Å². The second kappa shape index (κ2) is 8.48. The van der Waals surface area contributed by atoms with Crippen LogP contribution >= 0.6 is 11.6 Å². The molecule has 28 heavy (non-hydrogen) atoms. The van der Waals surface area contributed by atoms with Crippen LogP contribution in [0.3, 0.4) is 0 Å². The first-order chi connectivity index (χ1) is 13.0. The molecule has 0 bridgehead atoms. The minimum Gasteiger partial charge on any atom is -0.444 e. The van der Waals surface area contributed by atoms with Crippen LogP contribution in [-0.4, -0.2) is 28.2 Å². The van der Waals surface area contributed by atoms with Gasteiger partial charge in [-0.05, 0) is 39.0 Å². The highest BCUT2D eigenvalue weighted by molar-refractivity contribution is 6.31. The number of alkyl halides is 2. The second-order valence-electron chi connectivity index (χ2n) is 6.73. The number of rotatable bonds is 3. The maximum Gasteiger partial charge on any atom is 0.407 e. The lowest BCUT2D eigenvalue weighted by Crippen LogP contribution is -2.39. The number of amides is 1. The van der Waals surface area contributed by atoms with E-state index in [4.69, 9.17) is 16.3 Å². The fourth-order valence-corrected chi connectivity index (χ4v) is 2.26. The van der Waals surface area contributed by atoms with Crippen molar-refractivity contribution in [3.63, 3.8) is 0 Å². The van der Waals surface area contributed by atoms with E-state index in [1.807, 2.05) is 5.32 Å². The second-order valence-corrected chi connectivity index (χ2v) is 7.14. The summed E-state index contributed by atoms with van der Waals surface area (Å²) in [5, 5.41) is 1.69. The van der Waals surface area contributed by atoms with E-state index in [-0.39, 0.29) is 10.6 Å². The van der Waals surface area contributed by atoms with E-state index in [0.29, 0.717) is 5.56 Å². The van der Waals surface area contributed by atoms with Crippen LogP contribution in [0.1, 0.15) is 37.6 Å². The molecular weight excluding hydrogens is 395 g/mol. The summed E-state index contributed by atoms with van der Waals surface area (Å²) in [5.41, 5.74) is -0.781. The summed E-state index contributed by atoms with van der Waals surface area (Å²) in [6.07, 6.45) is 1.40. The first-order valence-corrected chi connectivity index (χ1v) is 8.48. The summed E-state index contributed by atoms with van der Waals surface area (Å²) in [6.45, 7) is 3.82. The van der Waals surface area contributed by atoms with Crippen LogP contribution < -0.4 is 5.32 Å². The van der Waals surface area contributed by atoms with Gasteiger partial charge in [-0.1, -0.05) is 23.4 Å². The molecule has 2 heterocycles. The third kappa shape index (κ3) is 6.43. The van der Waals surface area contributed by atoms with Gasteiger partial charge in [-0.3, -0.25) is 4.98 Å². The maximum absolute atomic E-state index is 14.3. The molecule has 0 aliphatic carbocycles. The van der Waals surface area contributed by atoms with Gasteiger partial charge in [-0.2, -0.15) is 13.2 Å². The number of halogens is 4. The third-order valence-corrected chi connectivity index (χ3v) is 3.41. The lowest BCUT2D eigenvalue weighted by Gasteiger charge is -2.22. The van der Waals surface area contributed by atoms with Crippen molar-refractivity contribution in [1.29, 1.82) is 0 Å². The van der Waals surface area contributed by atoms with Gasteiger partial charge in [0.05, 0.1) is 11.6 Å². The fourth-order valence-electron chi connectivity index (χ4n) is 1.95. The van der Waals surface area contributed by atoms with Crippen molar-refractivity contribution in [3.8, 4) is 11.8 Å². The number of nitrogens with one attached hydrogen (secondary N) is 1. The zero-order chi connectivity index (χ0) is 20.9. The van der Waals surface area contributed by atoms with Crippen LogP contribution in [0.25, 0.3) is 0 Å². The molecule has 1 amide bonds. The Morgan fingerprint density at radius 1 is 1.18 bits per heavy atom. The lowest BCUT2D eigenvalue weighted by molar-refractivity contribution is -0.0128. The number of hydrogen-bond donors (Lipinski definition) is 1. The number of carbonyl (C=O) groups excluding carboxylic acids is 1. The molecule has 0 saturated heterocycles.